The zero-order valence-electron chi connectivity index (χ0n) is 13.5. The second-order valence-electron chi connectivity index (χ2n) is 5.81. The summed E-state index contributed by atoms with van der Waals surface area (Å²) in [6.07, 6.45) is 1.79. The highest BCUT2D eigenvalue weighted by Gasteiger charge is 2.30. The van der Waals surface area contributed by atoms with E-state index in [0.29, 0.717) is 29.4 Å². The van der Waals surface area contributed by atoms with Crippen LogP contribution in [0.4, 0.5) is 0 Å². The van der Waals surface area contributed by atoms with Crippen molar-refractivity contribution in [3.05, 3.63) is 51.7 Å². The quantitative estimate of drug-likeness (QED) is 0.887. The number of hydrogen-bond donors (Lipinski definition) is 1. The summed E-state index contributed by atoms with van der Waals surface area (Å²) in [5, 5.41) is 2.84. The first-order valence-electron chi connectivity index (χ1n) is 7.91. The van der Waals surface area contributed by atoms with Gasteiger partial charge in [-0.25, -0.2) is 8.42 Å². The molecule has 2 heterocycles. The van der Waals surface area contributed by atoms with Gasteiger partial charge in [0, 0.05) is 24.5 Å². The molecule has 0 bridgehead atoms. The third-order valence-corrected chi connectivity index (χ3v) is 7.28. The molecule has 1 aromatic heterocycles. The Kier molecular flexibility index (Phi) is 5.03. The van der Waals surface area contributed by atoms with Gasteiger partial charge in [0.05, 0.1) is 9.77 Å². The average molecular weight is 364 g/mol. The fourth-order valence-electron chi connectivity index (χ4n) is 2.77. The molecule has 0 spiro atoms. The standard InChI is InChI=1S/C17H20N2O3S2/c1-13-16(24(21,22)19-9-5-6-10-19)11-15(23-13)17(20)18-12-14-7-3-2-4-8-14/h2-4,7-8,11H,5-6,9-10,12H2,1H3,(H,18,20). The van der Waals surface area contributed by atoms with Crippen molar-refractivity contribution < 1.29 is 13.2 Å². The Hall–Kier alpha value is -1.70. The molecule has 7 heteroatoms. The fourth-order valence-corrected chi connectivity index (χ4v) is 5.76. The van der Waals surface area contributed by atoms with Gasteiger partial charge in [-0.05, 0) is 31.4 Å². The van der Waals surface area contributed by atoms with Crippen LogP contribution in [0.2, 0.25) is 0 Å². The van der Waals surface area contributed by atoms with Crippen molar-refractivity contribution >= 4 is 27.3 Å². The molecular weight excluding hydrogens is 344 g/mol. The number of benzene rings is 1. The van der Waals surface area contributed by atoms with Crippen LogP contribution < -0.4 is 5.32 Å². The largest absolute Gasteiger partial charge is 0.347 e. The van der Waals surface area contributed by atoms with E-state index in [1.165, 1.54) is 21.7 Å². The highest BCUT2D eigenvalue weighted by molar-refractivity contribution is 7.89. The summed E-state index contributed by atoms with van der Waals surface area (Å²) in [7, 11) is -3.49. The second kappa shape index (κ2) is 7.04. The van der Waals surface area contributed by atoms with Crippen LogP contribution in [-0.2, 0) is 16.6 Å². The molecule has 1 N–H and O–H groups in total. The van der Waals surface area contributed by atoms with Crippen molar-refractivity contribution in [1.82, 2.24) is 9.62 Å². The van der Waals surface area contributed by atoms with Crippen molar-refractivity contribution in [1.29, 1.82) is 0 Å². The Morgan fingerprint density at radius 1 is 1.21 bits per heavy atom. The van der Waals surface area contributed by atoms with E-state index in [4.69, 9.17) is 0 Å². The summed E-state index contributed by atoms with van der Waals surface area (Å²) in [4.78, 5) is 13.7. The summed E-state index contributed by atoms with van der Waals surface area (Å²) in [5.41, 5.74) is 1.00. The molecule has 0 saturated carbocycles. The van der Waals surface area contributed by atoms with Crippen molar-refractivity contribution in [2.24, 2.45) is 0 Å². The number of carbonyl (C=O) groups is 1. The number of hydrogen-bond acceptors (Lipinski definition) is 4. The number of amides is 1. The number of aryl methyl sites for hydroxylation is 1. The Morgan fingerprint density at radius 3 is 2.54 bits per heavy atom. The van der Waals surface area contributed by atoms with Gasteiger partial charge in [-0.2, -0.15) is 4.31 Å². The summed E-state index contributed by atoms with van der Waals surface area (Å²) in [5.74, 6) is -0.241. The minimum absolute atomic E-state index is 0.241. The van der Waals surface area contributed by atoms with Gasteiger partial charge in [0.25, 0.3) is 5.91 Å². The van der Waals surface area contributed by atoms with Crippen LogP contribution in [0.15, 0.2) is 41.3 Å². The van der Waals surface area contributed by atoms with Gasteiger partial charge >= 0.3 is 0 Å². The van der Waals surface area contributed by atoms with Crippen LogP contribution in [-0.4, -0.2) is 31.7 Å². The molecule has 5 nitrogen and oxygen atoms in total. The van der Waals surface area contributed by atoms with Crippen LogP contribution in [0, 0.1) is 6.92 Å². The summed E-state index contributed by atoms with van der Waals surface area (Å²) >= 11 is 1.23. The zero-order chi connectivity index (χ0) is 17.2. The SMILES string of the molecule is Cc1sc(C(=O)NCc2ccccc2)cc1S(=O)(=O)N1CCCC1. The maximum absolute atomic E-state index is 12.7. The van der Waals surface area contributed by atoms with E-state index in [2.05, 4.69) is 5.32 Å². The summed E-state index contributed by atoms with van der Waals surface area (Å²) in [6, 6.07) is 11.1. The number of thiophene rings is 1. The Morgan fingerprint density at radius 2 is 1.88 bits per heavy atom. The van der Waals surface area contributed by atoms with Crippen LogP contribution in [0.5, 0.6) is 0 Å². The van der Waals surface area contributed by atoms with Crippen molar-refractivity contribution in [3.63, 3.8) is 0 Å². The monoisotopic (exact) mass is 364 g/mol. The summed E-state index contributed by atoms with van der Waals surface area (Å²) < 4.78 is 26.9. The van der Waals surface area contributed by atoms with Gasteiger partial charge in [-0.1, -0.05) is 30.3 Å². The van der Waals surface area contributed by atoms with Gasteiger partial charge in [0.15, 0.2) is 0 Å². The highest BCUT2D eigenvalue weighted by atomic mass is 32.2. The van der Waals surface area contributed by atoms with E-state index in [0.717, 1.165) is 18.4 Å². The molecule has 1 aliphatic rings. The zero-order valence-corrected chi connectivity index (χ0v) is 15.1. The van der Waals surface area contributed by atoms with E-state index in [-0.39, 0.29) is 10.8 Å². The number of rotatable bonds is 5. The Bertz CT molecular complexity index is 823. The first kappa shape index (κ1) is 17.1. The van der Waals surface area contributed by atoms with Gasteiger partial charge in [0.1, 0.15) is 0 Å². The van der Waals surface area contributed by atoms with Gasteiger partial charge < -0.3 is 5.32 Å². The first-order chi connectivity index (χ1) is 11.5. The molecule has 1 fully saturated rings. The lowest BCUT2D eigenvalue weighted by Gasteiger charge is -2.14. The normalized spacial score (nSPS) is 15.5. The maximum Gasteiger partial charge on any atom is 0.261 e. The summed E-state index contributed by atoms with van der Waals surface area (Å²) in [6.45, 7) is 3.30. The molecule has 1 saturated heterocycles. The highest BCUT2D eigenvalue weighted by Crippen LogP contribution is 2.30. The van der Waals surface area contributed by atoms with Crippen LogP contribution in [0.3, 0.4) is 0 Å². The minimum Gasteiger partial charge on any atom is -0.347 e. The van der Waals surface area contributed by atoms with Crippen molar-refractivity contribution in [2.75, 3.05) is 13.1 Å². The predicted octanol–water partition coefficient (Wildman–Crippen LogP) is 2.77. The molecule has 0 unspecified atom stereocenters. The van der Waals surface area contributed by atoms with E-state index >= 15 is 0 Å². The van der Waals surface area contributed by atoms with Gasteiger partial charge in [0.2, 0.25) is 10.0 Å². The molecule has 3 rings (SSSR count). The molecule has 0 radical (unpaired) electrons. The molecule has 0 aliphatic carbocycles. The van der Waals surface area contributed by atoms with Crippen LogP contribution in [0.1, 0.15) is 33.0 Å². The lowest BCUT2D eigenvalue weighted by Crippen LogP contribution is -2.28. The topological polar surface area (TPSA) is 66.5 Å². The van der Waals surface area contributed by atoms with Crippen molar-refractivity contribution in [3.8, 4) is 0 Å². The smallest absolute Gasteiger partial charge is 0.261 e. The number of nitrogens with one attached hydrogen (secondary N) is 1. The number of nitrogens with zero attached hydrogens (tertiary/aromatic N) is 1. The molecule has 2 aromatic rings. The molecule has 128 valence electrons. The molecule has 24 heavy (non-hydrogen) atoms. The predicted molar refractivity (Wildman–Crippen MR) is 94.7 cm³/mol. The van der Waals surface area contributed by atoms with E-state index in [1.807, 2.05) is 30.3 Å². The van der Waals surface area contributed by atoms with E-state index in [1.54, 1.807) is 6.92 Å². The lowest BCUT2D eigenvalue weighted by atomic mass is 10.2. The molecule has 1 amide bonds. The molecule has 1 aliphatic heterocycles. The molecule has 1 aromatic carbocycles. The third-order valence-electron chi connectivity index (χ3n) is 4.07. The number of carbonyl (C=O) groups excluding carboxylic acids is 1. The number of sulfonamides is 1. The average Bonchev–Trinajstić information content (AvgIpc) is 3.23. The van der Waals surface area contributed by atoms with Gasteiger partial charge in [-0.15, -0.1) is 11.3 Å². The van der Waals surface area contributed by atoms with Crippen LogP contribution in [0.25, 0.3) is 0 Å². The van der Waals surface area contributed by atoms with Crippen molar-refractivity contribution in [2.45, 2.75) is 31.2 Å². The molecule has 0 atom stereocenters. The van der Waals surface area contributed by atoms with Gasteiger partial charge in [-0.3, -0.25) is 4.79 Å². The van der Waals surface area contributed by atoms with E-state index in [9.17, 15) is 13.2 Å². The van der Waals surface area contributed by atoms with E-state index < -0.39 is 10.0 Å². The Balaban J connectivity index is 1.74. The first-order valence-corrected chi connectivity index (χ1v) is 10.2. The second-order valence-corrected chi connectivity index (χ2v) is 8.97. The Labute approximate surface area is 146 Å². The maximum atomic E-state index is 12.7. The molecular formula is C17H20N2O3S2. The third kappa shape index (κ3) is 3.53. The van der Waals surface area contributed by atoms with Crippen LogP contribution >= 0.6 is 11.3 Å². The minimum atomic E-state index is -3.49. The lowest BCUT2D eigenvalue weighted by molar-refractivity contribution is 0.0955. The fraction of sp³-hybridized carbons (Fsp3) is 0.353.